The van der Waals surface area contributed by atoms with Gasteiger partial charge in [0.25, 0.3) is 0 Å². The van der Waals surface area contributed by atoms with Crippen LogP contribution in [0.1, 0.15) is 57.7 Å². The van der Waals surface area contributed by atoms with Crippen LogP contribution in [-0.2, 0) is 6.54 Å². The number of hydrogen-bond donors (Lipinski definition) is 0. The van der Waals surface area contributed by atoms with Gasteiger partial charge < -0.3 is 4.57 Å². The first-order chi connectivity index (χ1) is 6.07. The second kappa shape index (κ2) is 3.99. The first-order valence-electron chi connectivity index (χ1n) is 5.26. The third-order valence-corrected chi connectivity index (χ3v) is 2.55. The Bertz CT molecular complexity index is 269. The van der Waals surface area contributed by atoms with Crippen molar-refractivity contribution in [2.24, 2.45) is 0 Å². The van der Waals surface area contributed by atoms with Gasteiger partial charge in [-0.2, -0.15) is 0 Å². The predicted octanol–water partition coefficient (Wildman–Crippen LogP) is 3.75. The highest BCUT2D eigenvalue weighted by Gasteiger charge is 2.13. The van der Waals surface area contributed by atoms with Crippen molar-refractivity contribution in [1.29, 1.82) is 0 Å². The van der Waals surface area contributed by atoms with Crippen molar-refractivity contribution in [3.05, 3.63) is 23.5 Å². The van der Waals surface area contributed by atoms with Gasteiger partial charge in [0.2, 0.25) is 0 Å². The topological polar surface area (TPSA) is 4.93 Å². The second-order valence-corrected chi connectivity index (χ2v) is 4.25. The van der Waals surface area contributed by atoms with Crippen LogP contribution in [0.4, 0.5) is 0 Å². The predicted molar refractivity (Wildman–Crippen MR) is 58.3 cm³/mol. The van der Waals surface area contributed by atoms with Gasteiger partial charge in [0, 0.05) is 18.4 Å². The largest absolute Gasteiger partial charge is 0.351 e. The van der Waals surface area contributed by atoms with Crippen LogP contribution in [0.5, 0.6) is 0 Å². The van der Waals surface area contributed by atoms with Crippen LogP contribution in [0.3, 0.4) is 0 Å². The van der Waals surface area contributed by atoms with Crippen LogP contribution >= 0.6 is 0 Å². The summed E-state index contributed by atoms with van der Waals surface area (Å²) < 4.78 is 2.36. The maximum Gasteiger partial charge on any atom is 0.0234 e. The minimum Gasteiger partial charge on any atom is -0.351 e. The smallest absolute Gasteiger partial charge is 0.0234 e. The molecule has 0 fully saturated rings. The Kier molecular flexibility index (Phi) is 3.18. The summed E-state index contributed by atoms with van der Waals surface area (Å²) in [5.74, 6) is 1.28. The molecule has 13 heavy (non-hydrogen) atoms. The van der Waals surface area contributed by atoms with Gasteiger partial charge in [-0.25, -0.2) is 0 Å². The maximum absolute atomic E-state index is 2.36. The highest BCUT2D eigenvalue weighted by molar-refractivity contribution is 5.28. The van der Waals surface area contributed by atoms with Crippen LogP contribution in [0.15, 0.2) is 12.3 Å². The average Bonchev–Trinajstić information content (AvgIpc) is 2.46. The van der Waals surface area contributed by atoms with E-state index in [4.69, 9.17) is 0 Å². The summed E-state index contributed by atoms with van der Waals surface area (Å²) >= 11 is 0. The molecule has 1 rings (SSSR count). The number of aryl methyl sites for hydroxylation is 1. The number of aromatic nitrogens is 1. The average molecular weight is 179 g/mol. The third kappa shape index (κ3) is 1.96. The van der Waals surface area contributed by atoms with E-state index in [1.807, 2.05) is 0 Å². The fourth-order valence-electron chi connectivity index (χ4n) is 1.93. The molecular formula is C12H21N. The Hall–Kier alpha value is -0.720. The van der Waals surface area contributed by atoms with Crippen molar-refractivity contribution in [2.75, 3.05) is 0 Å². The summed E-state index contributed by atoms with van der Waals surface area (Å²) in [6, 6.07) is 2.27. The minimum atomic E-state index is 0.632. The van der Waals surface area contributed by atoms with E-state index in [9.17, 15) is 0 Å². The van der Waals surface area contributed by atoms with Gasteiger partial charge in [0.1, 0.15) is 0 Å². The standard InChI is InChI=1S/C12H21N/c1-6-13-8-7-11(9(2)3)12(13)10(4)5/h7-10H,6H2,1-5H3. The fourth-order valence-corrected chi connectivity index (χ4v) is 1.93. The zero-order valence-electron chi connectivity index (χ0n) is 9.46. The Labute approximate surface area is 81.8 Å². The molecule has 1 aromatic rings. The molecule has 0 bridgehead atoms. The maximum atomic E-state index is 2.36. The van der Waals surface area contributed by atoms with Gasteiger partial charge in [-0.05, 0) is 30.4 Å². The van der Waals surface area contributed by atoms with E-state index in [1.54, 1.807) is 0 Å². The molecule has 0 aliphatic rings. The lowest BCUT2D eigenvalue weighted by atomic mass is 9.98. The Morgan fingerprint density at radius 1 is 1.15 bits per heavy atom. The van der Waals surface area contributed by atoms with Crippen molar-refractivity contribution in [3.63, 3.8) is 0 Å². The summed E-state index contributed by atoms with van der Waals surface area (Å²) in [7, 11) is 0. The first kappa shape index (κ1) is 10.4. The molecule has 0 amide bonds. The summed E-state index contributed by atoms with van der Waals surface area (Å²) in [6.07, 6.45) is 2.21. The minimum absolute atomic E-state index is 0.632. The molecule has 0 spiro atoms. The molecule has 0 unspecified atom stereocenters. The SMILES string of the molecule is CCn1ccc(C(C)C)c1C(C)C. The second-order valence-electron chi connectivity index (χ2n) is 4.25. The Balaban J connectivity index is 3.14. The molecule has 74 valence electrons. The molecule has 1 aromatic heterocycles. The van der Waals surface area contributed by atoms with Gasteiger partial charge in [-0.15, -0.1) is 0 Å². The van der Waals surface area contributed by atoms with Crippen LogP contribution < -0.4 is 0 Å². The molecule has 1 heteroatoms. The molecule has 1 heterocycles. The van der Waals surface area contributed by atoms with E-state index in [1.165, 1.54) is 11.3 Å². The zero-order valence-corrected chi connectivity index (χ0v) is 9.46. The van der Waals surface area contributed by atoms with Gasteiger partial charge in [-0.3, -0.25) is 0 Å². The van der Waals surface area contributed by atoms with Crippen molar-refractivity contribution < 1.29 is 0 Å². The molecule has 0 aliphatic carbocycles. The molecule has 0 N–H and O–H groups in total. The molecule has 1 nitrogen and oxygen atoms in total. The molecule has 0 aliphatic heterocycles. The zero-order chi connectivity index (χ0) is 10.0. The van der Waals surface area contributed by atoms with Crippen LogP contribution in [-0.4, -0.2) is 4.57 Å². The number of hydrogen-bond acceptors (Lipinski definition) is 0. The Morgan fingerprint density at radius 2 is 1.77 bits per heavy atom. The summed E-state index contributed by atoms with van der Waals surface area (Å²) in [5, 5.41) is 0. The molecular weight excluding hydrogens is 158 g/mol. The number of rotatable bonds is 3. The lowest BCUT2D eigenvalue weighted by molar-refractivity contribution is 0.656. The fraction of sp³-hybridized carbons (Fsp3) is 0.667. The molecule has 0 radical (unpaired) electrons. The van der Waals surface area contributed by atoms with E-state index in [2.05, 4.69) is 51.4 Å². The highest BCUT2D eigenvalue weighted by Crippen LogP contribution is 2.26. The van der Waals surface area contributed by atoms with Gasteiger partial charge in [-0.1, -0.05) is 27.7 Å². The van der Waals surface area contributed by atoms with Crippen molar-refractivity contribution in [2.45, 2.75) is 53.0 Å². The van der Waals surface area contributed by atoms with Gasteiger partial charge in [0.05, 0.1) is 0 Å². The summed E-state index contributed by atoms with van der Waals surface area (Å²) in [6.45, 7) is 12.4. The normalized spacial score (nSPS) is 11.6. The van der Waals surface area contributed by atoms with E-state index in [0.29, 0.717) is 11.8 Å². The van der Waals surface area contributed by atoms with E-state index >= 15 is 0 Å². The molecule has 0 saturated heterocycles. The van der Waals surface area contributed by atoms with Crippen LogP contribution in [0.25, 0.3) is 0 Å². The van der Waals surface area contributed by atoms with Gasteiger partial charge in [0.15, 0.2) is 0 Å². The lowest BCUT2D eigenvalue weighted by Crippen LogP contribution is -2.04. The quantitative estimate of drug-likeness (QED) is 0.666. The van der Waals surface area contributed by atoms with E-state index in [-0.39, 0.29) is 0 Å². The highest BCUT2D eigenvalue weighted by atomic mass is 15.0. The first-order valence-corrected chi connectivity index (χ1v) is 5.26. The Morgan fingerprint density at radius 3 is 2.15 bits per heavy atom. The van der Waals surface area contributed by atoms with Crippen LogP contribution in [0.2, 0.25) is 0 Å². The lowest BCUT2D eigenvalue weighted by Gasteiger charge is -2.14. The van der Waals surface area contributed by atoms with Crippen LogP contribution in [0, 0.1) is 0 Å². The monoisotopic (exact) mass is 179 g/mol. The van der Waals surface area contributed by atoms with Crippen molar-refractivity contribution in [1.82, 2.24) is 4.57 Å². The van der Waals surface area contributed by atoms with Crippen molar-refractivity contribution >= 4 is 0 Å². The van der Waals surface area contributed by atoms with E-state index < -0.39 is 0 Å². The number of nitrogens with zero attached hydrogens (tertiary/aromatic N) is 1. The van der Waals surface area contributed by atoms with Crippen molar-refractivity contribution in [3.8, 4) is 0 Å². The van der Waals surface area contributed by atoms with E-state index in [0.717, 1.165) is 6.54 Å². The molecule has 0 atom stereocenters. The summed E-state index contributed by atoms with van der Waals surface area (Å²) in [4.78, 5) is 0. The molecule has 0 aromatic carbocycles. The van der Waals surface area contributed by atoms with Gasteiger partial charge >= 0.3 is 0 Å². The third-order valence-electron chi connectivity index (χ3n) is 2.55. The molecule has 0 saturated carbocycles. The summed E-state index contributed by atoms with van der Waals surface area (Å²) in [5.41, 5.74) is 3.02.